The third kappa shape index (κ3) is 6.32. The number of nitrogens with zero attached hydrogens (tertiary/aromatic N) is 4. The van der Waals surface area contributed by atoms with Crippen LogP contribution in [0.1, 0.15) is 50.6 Å². The number of ether oxygens (including phenoxy) is 1. The van der Waals surface area contributed by atoms with E-state index in [-0.39, 0.29) is 11.8 Å². The summed E-state index contributed by atoms with van der Waals surface area (Å²) in [4.78, 5) is 30.3. The lowest BCUT2D eigenvalue weighted by atomic mass is 9.77. The molecular formula is C26H35ClN4O3. The van der Waals surface area contributed by atoms with E-state index >= 15 is 0 Å². The van der Waals surface area contributed by atoms with Crippen LogP contribution in [0.4, 0.5) is 0 Å². The number of carbonyl (C=O) groups excluding carboxylic acids is 2. The Labute approximate surface area is 207 Å². The second-order valence-corrected chi connectivity index (χ2v) is 10.2. The Bertz CT molecular complexity index is 988. The van der Waals surface area contributed by atoms with Crippen molar-refractivity contribution in [2.75, 3.05) is 32.8 Å². The van der Waals surface area contributed by atoms with Gasteiger partial charge < -0.3 is 14.5 Å². The van der Waals surface area contributed by atoms with Crippen LogP contribution in [-0.2, 0) is 16.1 Å². The van der Waals surface area contributed by atoms with Gasteiger partial charge in [0.15, 0.2) is 0 Å². The van der Waals surface area contributed by atoms with E-state index in [9.17, 15) is 9.59 Å². The van der Waals surface area contributed by atoms with Gasteiger partial charge in [0.2, 0.25) is 11.8 Å². The zero-order valence-corrected chi connectivity index (χ0v) is 20.8. The van der Waals surface area contributed by atoms with Gasteiger partial charge in [-0.1, -0.05) is 17.7 Å². The van der Waals surface area contributed by atoms with E-state index in [2.05, 4.69) is 5.10 Å². The SMILES string of the molecule is Cc1ccnn1CCC(=O)N1CCC[C@@](COc2cccc(Cl)c2)(CC(=O)N2CCCCC2)C1. The average Bonchev–Trinajstić information content (AvgIpc) is 3.26. The molecule has 184 valence electrons. The van der Waals surface area contributed by atoms with E-state index in [1.165, 1.54) is 6.42 Å². The molecule has 1 aromatic heterocycles. The van der Waals surface area contributed by atoms with Crippen molar-refractivity contribution in [3.63, 3.8) is 0 Å². The van der Waals surface area contributed by atoms with E-state index in [4.69, 9.17) is 16.3 Å². The zero-order valence-electron chi connectivity index (χ0n) is 20.0. The molecule has 3 heterocycles. The Kier molecular flexibility index (Phi) is 8.14. The highest BCUT2D eigenvalue weighted by molar-refractivity contribution is 6.30. The first kappa shape index (κ1) is 24.6. The monoisotopic (exact) mass is 486 g/mol. The molecule has 1 atom stereocenters. The van der Waals surface area contributed by atoms with Crippen LogP contribution in [0.5, 0.6) is 5.75 Å². The molecule has 0 radical (unpaired) electrons. The molecule has 0 aliphatic carbocycles. The third-order valence-corrected chi connectivity index (χ3v) is 7.29. The molecule has 2 aliphatic heterocycles. The summed E-state index contributed by atoms with van der Waals surface area (Å²) in [5.74, 6) is 0.970. The van der Waals surface area contributed by atoms with E-state index in [0.717, 1.165) is 44.5 Å². The maximum absolute atomic E-state index is 13.3. The number of benzene rings is 1. The fraction of sp³-hybridized carbons (Fsp3) is 0.577. The van der Waals surface area contributed by atoms with Gasteiger partial charge in [-0.15, -0.1) is 0 Å². The van der Waals surface area contributed by atoms with Crippen molar-refractivity contribution in [3.05, 3.63) is 47.2 Å². The Hall–Kier alpha value is -2.54. The first-order valence-electron chi connectivity index (χ1n) is 12.4. The molecule has 0 spiro atoms. The molecule has 0 unspecified atom stereocenters. The van der Waals surface area contributed by atoms with E-state index in [1.807, 2.05) is 45.7 Å². The number of aromatic nitrogens is 2. The summed E-state index contributed by atoms with van der Waals surface area (Å²) in [5, 5.41) is 4.90. The minimum Gasteiger partial charge on any atom is -0.493 e. The number of rotatable bonds is 8. The first-order chi connectivity index (χ1) is 16.4. The fourth-order valence-electron chi connectivity index (χ4n) is 5.10. The number of halogens is 1. The quantitative estimate of drug-likeness (QED) is 0.557. The molecule has 2 aliphatic rings. The maximum Gasteiger partial charge on any atom is 0.224 e. The summed E-state index contributed by atoms with van der Waals surface area (Å²) < 4.78 is 8.03. The van der Waals surface area contributed by atoms with Gasteiger partial charge in [0.1, 0.15) is 5.75 Å². The number of hydrogen-bond donors (Lipinski definition) is 0. The summed E-state index contributed by atoms with van der Waals surface area (Å²) in [6, 6.07) is 9.28. The lowest BCUT2D eigenvalue weighted by molar-refractivity contribution is -0.142. The maximum atomic E-state index is 13.3. The van der Waals surface area contributed by atoms with E-state index in [0.29, 0.717) is 49.9 Å². The van der Waals surface area contributed by atoms with Gasteiger partial charge in [-0.25, -0.2) is 0 Å². The van der Waals surface area contributed by atoms with Crippen LogP contribution in [0, 0.1) is 12.3 Å². The molecule has 2 fully saturated rings. The van der Waals surface area contributed by atoms with Crippen LogP contribution < -0.4 is 4.74 Å². The molecule has 0 saturated carbocycles. The fourth-order valence-corrected chi connectivity index (χ4v) is 5.28. The van der Waals surface area contributed by atoms with Crippen molar-refractivity contribution in [1.29, 1.82) is 0 Å². The summed E-state index contributed by atoms with van der Waals surface area (Å²) >= 11 is 6.14. The van der Waals surface area contributed by atoms with Crippen LogP contribution in [0.3, 0.4) is 0 Å². The molecular weight excluding hydrogens is 452 g/mol. The Balaban J connectivity index is 1.45. The zero-order chi connectivity index (χ0) is 24.0. The van der Waals surface area contributed by atoms with Gasteiger partial charge in [0.05, 0.1) is 6.61 Å². The Morgan fingerprint density at radius 1 is 1.06 bits per heavy atom. The topological polar surface area (TPSA) is 67.7 Å². The van der Waals surface area contributed by atoms with Crippen molar-refractivity contribution in [3.8, 4) is 5.75 Å². The van der Waals surface area contributed by atoms with Gasteiger partial charge in [-0.05, 0) is 63.3 Å². The third-order valence-electron chi connectivity index (χ3n) is 7.06. The standard InChI is InChI=1S/C26H35ClN4O3/c1-21-9-12-28-31(21)16-10-24(32)30-15-6-11-26(19-30,18-25(33)29-13-3-2-4-14-29)20-34-23-8-5-7-22(27)17-23/h5,7-9,12,17H,2-4,6,10-11,13-16,18-20H2,1H3/t26-/m1/s1. The number of carbonyl (C=O) groups is 2. The number of aryl methyl sites for hydroxylation is 2. The second kappa shape index (κ2) is 11.3. The highest BCUT2D eigenvalue weighted by atomic mass is 35.5. The minimum atomic E-state index is -0.410. The minimum absolute atomic E-state index is 0.104. The summed E-state index contributed by atoms with van der Waals surface area (Å²) in [7, 11) is 0. The normalized spacial score (nSPS) is 20.9. The largest absolute Gasteiger partial charge is 0.493 e. The van der Waals surface area contributed by atoms with Crippen molar-refractivity contribution in [2.45, 2.75) is 58.4 Å². The molecule has 2 saturated heterocycles. The van der Waals surface area contributed by atoms with Gasteiger partial charge >= 0.3 is 0 Å². The van der Waals surface area contributed by atoms with Crippen LogP contribution in [0.25, 0.3) is 0 Å². The number of likely N-dealkylation sites (tertiary alicyclic amines) is 2. The van der Waals surface area contributed by atoms with Crippen molar-refractivity contribution < 1.29 is 14.3 Å². The highest BCUT2D eigenvalue weighted by Crippen LogP contribution is 2.36. The summed E-state index contributed by atoms with van der Waals surface area (Å²) in [5.41, 5.74) is 0.634. The number of piperidine rings is 2. The lowest BCUT2D eigenvalue weighted by Gasteiger charge is -2.43. The van der Waals surface area contributed by atoms with Gasteiger partial charge in [0, 0.05) is 67.9 Å². The predicted molar refractivity (Wildman–Crippen MR) is 132 cm³/mol. The van der Waals surface area contributed by atoms with Crippen molar-refractivity contribution in [2.24, 2.45) is 5.41 Å². The molecule has 0 bridgehead atoms. The lowest BCUT2D eigenvalue weighted by Crippen LogP contribution is -2.51. The molecule has 34 heavy (non-hydrogen) atoms. The number of hydrogen-bond acceptors (Lipinski definition) is 4. The Morgan fingerprint density at radius 2 is 1.85 bits per heavy atom. The van der Waals surface area contributed by atoms with Crippen molar-refractivity contribution in [1.82, 2.24) is 19.6 Å². The smallest absolute Gasteiger partial charge is 0.224 e. The summed E-state index contributed by atoms with van der Waals surface area (Å²) in [6.07, 6.45) is 7.58. The average molecular weight is 487 g/mol. The highest BCUT2D eigenvalue weighted by Gasteiger charge is 2.41. The van der Waals surface area contributed by atoms with Gasteiger partial charge in [-0.2, -0.15) is 5.10 Å². The van der Waals surface area contributed by atoms with E-state index in [1.54, 1.807) is 12.3 Å². The van der Waals surface area contributed by atoms with Crippen LogP contribution in [0.2, 0.25) is 5.02 Å². The summed E-state index contributed by atoms with van der Waals surface area (Å²) in [6.45, 7) is 5.84. The predicted octanol–water partition coefficient (Wildman–Crippen LogP) is 4.33. The molecule has 2 amide bonds. The van der Waals surface area contributed by atoms with Crippen LogP contribution in [-0.4, -0.2) is 64.2 Å². The first-order valence-corrected chi connectivity index (χ1v) is 12.7. The number of amides is 2. The van der Waals surface area contributed by atoms with Gasteiger partial charge in [-0.3, -0.25) is 14.3 Å². The van der Waals surface area contributed by atoms with Crippen molar-refractivity contribution >= 4 is 23.4 Å². The Morgan fingerprint density at radius 3 is 2.59 bits per heavy atom. The molecule has 8 heteroatoms. The molecule has 2 aromatic rings. The van der Waals surface area contributed by atoms with Crippen LogP contribution >= 0.6 is 11.6 Å². The molecule has 0 N–H and O–H groups in total. The van der Waals surface area contributed by atoms with Gasteiger partial charge in [0.25, 0.3) is 0 Å². The second-order valence-electron chi connectivity index (χ2n) is 9.73. The molecule has 1 aromatic carbocycles. The van der Waals surface area contributed by atoms with E-state index < -0.39 is 5.41 Å². The molecule has 4 rings (SSSR count). The van der Waals surface area contributed by atoms with Crippen LogP contribution in [0.15, 0.2) is 36.5 Å². The molecule has 7 nitrogen and oxygen atoms in total.